The molecule has 2 atom stereocenters. The number of Topliss-reactive ketones (excluding diaryl/α,β-unsaturated/α-hetero) is 1. The fourth-order valence-electron chi connectivity index (χ4n) is 2.91. The van der Waals surface area contributed by atoms with E-state index in [9.17, 15) is 9.90 Å². The van der Waals surface area contributed by atoms with Gasteiger partial charge in [0, 0.05) is 24.7 Å². The molecule has 0 aliphatic heterocycles. The molecule has 0 saturated heterocycles. The van der Waals surface area contributed by atoms with Gasteiger partial charge in [0.1, 0.15) is 12.7 Å². The van der Waals surface area contributed by atoms with Gasteiger partial charge < -0.3 is 24.8 Å². The summed E-state index contributed by atoms with van der Waals surface area (Å²) < 4.78 is 11.0. The zero-order chi connectivity index (χ0) is 20.5. The maximum atomic E-state index is 11.5. The molecule has 0 aliphatic carbocycles. The van der Waals surface area contributed by atoms with Crippen molar-refractivity contribution in [3.05, 3.63) is 59.7 Å². The number of ether oxygens (including phenoxy) is 2. The Morgan fingerprint density at radius 1 is 1.11 bits per heavy atom. The van der Waals surface area contributed by atoms with E-state index in [-0.39, 0.29) is 18.4 Å². The first-order valence-corrected chi connectivity index (χ1v) is 9.34. The highest BCUT2D eigenvalue weighted by Crippen LogP contribution is 2.28. The molecule has 2 aromatic rings. The first kappa shape index (κ1) is 21.9. The Labute approximate surface area is 167 Å². The Morgan fingerprint density at radius 2 is 1.82 bits per heavy atom. The van der Waals surface area contributed by atoms with E-state index in [0.29, 0.717) is 30.2 Å². The zero-order valence-electron chi connectivity index (χ0n) is 17.0. The molecular formula is C22H30N2O4. The fraction of sp³-hybridized carbons (Fsp3) is 0.409. The van der Waals surface area contributed by atoms with Crippen LogP contribution >= 0.6 is 0 Å². The molecule has 2 aromatic carbocycles. The van der Waals surface area contributed by atoms with E-state index in [1.165, 1.54) is 19.6 Å². The molecule has 6 heteroatoms. The summed E-state index contributed by atoms with van der Waals surface area (Å²) in [6.45, 7) is 2.75. The van der Waals surface area contributed by atoms with Crippen molar-refractivity contribution in [2.45, 2.75) is 19.1 Å². The molecule has 0 radical (unpaired) electrons. The summed E-state index contributed by atoms with van der Waals surface area (Å²) in [5.41, 5.74) is 1.78. The van der Waals surface area contributed by atoms with Gasteiger partial charge in [-0.3, -0.25) is 4.79 Å². The van der Waals surface area contributed by atoms with Gasteiger partial charge in [-0.25, -0.2) is 0 Å². The summed E-state index contributed by atoms with van der Waals surface area (Å²) in [5, 5.41) is 13.5. The summed E-state index contributed by atoms with van der Waals surface area (Å²) in [6.07, 6.45) is -0.671. The quantitative estimate of drug-likeness (QED) is 0.579. The Bertz CT molecular complexity index is 749. The summed E-state index contributed by atoms with van der Waals surface area (Å²) >= 11 is 0. The molecule has 2 rings (SSSR count). The molecule has 28 heavy (non-hydrogen) atoms. The lowest BCUT2D eigenvalue weighted by Crippen LogP contribution is -2.37. The summed E-state index contributed by atoms with van der Waals surface area (Å²) in [4.78, 5) is 13.6. The minimum Gasteiger partial charge on any atom is -0.493 e. The van der Waals surface area contributed by atoms with Crippen molar-refractivity contribution in [3.8, 4) is 11.5 Å². The third kappa shape index (κ3) is 6.34. The largest absolute Gasteiger partial charge is 0.493 e. The van der Waals surface area contributed by atoms with Crippen LogP contribution in [0.25, 0.3) is 0 Å². The number of hydrogen-bond donors (Lipinski definition) is 2. The normalized spacial score (nSPS) is 13.2. The minimum atomic E-state index is -0.671. The van der Waals surface area contributed by atoms with Gasteiger partial charge in [-0.2, -0.15) is 0 Å². The van der Waals surface area contributed by atoms with Gasteiger partial charge in [-0.05, 0) is 44.8 Å². The molecule has 0 aliphatic rings. The zero-order valence-corrected chi connectivity index (χ0v) is 17.0. The van der Waals surface area contributed by atoms with E-state index >= 15 is 0 Å². The Morgan fingerprint density at radius 3 is 2.43 bits per heavy atom. The highest BCUT2D eigenvalue weighted by Gasteiger charge is 2.15. The third-order valence-electron chi connectivity index (χ3n) is 4.53. The number of aliphatic hydroxyl groups is 1. The maximum Gasteiger partial charge on any atom is 0.161 e. The SMILES string of the molecule is COc1cc(C(C)=O)ccc1OCC(O)CNCC(c1ccccc1)N(C)C. The number of ketones is 1. The van der Waals surface area contributed by atoms with Crippen LogP contribution in [0.1, 0.15) is 28.9 Å². The second-order valence-electron chi connectivity index (χ2n) is 6.93. The molecule has 0 bridgehead atoms. The molecular weight excluding hydrogens is 356 g/mol. The fourth-order valence-corrected chi connectivity index (χ4v) is 2.91. The second-order valence-corrected chi connectivity index (χ2v) is 6.93. The second kappa shape index (κ2) is 10.8. The number of rotatable bonds is 11. The maximum absolute atomic E-state index is 11.5. The lowest BCUT2D eigenvalue weighted by molar-refractivity contribution is 0.100. The number of methoxy groups -OCH3 is 1. The van der Waals surface area contributed by atoms with Gasteiger partial charge in [-0.15, -0.1) is 0 Å². The smallest absolute Gasteiger partial charge is 0.161 e. The molecule has 0 heterocycles. The number of nitrogens with one attached hydrogen (secondary N) is 1. The Hall–Kier alpha value is -2.41. The van der Waals surface area contributed by atoms with E-state index in [1.54, 1.807) is 18.2 Å². The van der Waals surface area contributed by atoms with Crippen molar-refractivity contribution >= 4 is 5.78 Å². The highest BCUT2D eigenvalue weighted by molar-refractivity contribution is 5.94. The van der Waals surface area contributed by atoms with Crippen molar-refractivity contribution < 1.29 is 19.4 Å². The van der Waals surface area contributed by atoms with Crippen molar-refractivity contribution in [1.82, 2.24) is 10.2 Å². The topological polar surface area (TPSA) is 71.0 Å². The van der Waals surface area contributed by atoms with E-state index < -0.39 is 6.10 Å². The van der Waals surface area contributed by atoms with Gasteiger partial charge in [0.2, 0.25) is 0 Å². The number of carbonyl (C=O) groups is 1. The molecule has 0 fully saturated rings. The molecule has 0 saturated carbocycles. The summed E-state index contributed by atoms with van der Waals surface area (Å²) in [6, 6.07) is 15.5. The van der Waals surface area contributed by atoms with Crippen LogP contribution in [0.5, 0.6) is 11.5 Å². The number of hydrogen-bond acceptors (Lipinski definition) is 6. The van der Waals surface area contributed by atoms with Gasteiger partial charge in [0.05, 0.1) is 7.11 Å². The van der Waals surface area contributed by atoms with Crippen LogP contribution in [0.15, 0.2) is 48.5 Å². The van der Waals surface area contributed by atoms with E-state index in [4.69, 9.17) is 9.47 Å². The van der Waals surface area contributed by atoms with Gasteiger partial charge >= 0.3 is 0 Å². The van der Waals surface area contributed by atoms with Crippen molar-refractivity contribution in [1.29, 1.82) is 0 Å². The average Bonchev–Trinajstić information content (AvgIpc) is 2.69. The molecule has 2 N–H and O–H groups in total. The van der Waals surface area contributed by atoms with E-state index in [1.807, 2.05) is 32.3 Å². The molecule has 0 aromatic heterocycles. The Kier molecular flexibility index (Phi) is 8.44. The number of nitrogens with zero attached hydrogens (tertiary/aromatic N) is 1. The van der Waals surface area contributed by atoms with Crippen LogP contribution in [-0.2, 0) is 0 Å². The van der Waals surface area contributed by atoms with E-state index in [0.717, 1.165) is 0 Å². The predicted molar refractivity (Wildman–Crippen MR) is 110 cm³/mol. The number of carbonyl (C=O) groups excluding carboxylic acids is 1. The lowest BCUT2D eigenvalue weighted by atomic mass is 10.1. The molecule has 6 nitrogen and oxygen atoms in total. The molecule has 0 amide bonds. The molecule has 152 valence electrons. The first-order chi connectivity index (χ1) is 13.4. The van der Waals surface area contributed by atoms with Crippen LogP contribution in [-0.4, -0.2) is 62.8 Å². The standard InChI is InChI=1S/C22H30N2O4/c1-16(25)18-10-11-21(22(12-18)27-4)28-15-19(26)13-23-14-20(24(2)3)17-8-6-5-7-9-17/h5-12,19-20,23,26H,13-15H2,1-4H3. The van der Waals surface area contributed by atoms with Crippen molar-refractivity contribution in [3.63, 3.8) is 0 Å². The van der Waals surface area contributed by atoms with Crippen LogP contribution in [0.3, 0.4) is 0 Å². The van der Waals surface area contributed by atoms with Crippen molar-refractivity contribution in [2.24, 2.45) is 0 Å². The van der Waals surface area contributed by atoms with Crippen LogP contribution in [0.4, 0.5) is 0 Å². The number of aliphatic hydroxyl groups excluding tert-OH is 1. The first-order valence-electron chi connectivity index (χ1n) is 9.34. The van der Waals surface area contributed by atoms with Crippen LogP contribution in [0.2, 0.25) is 0 Å². The van der Waals surface area contributed by atoms with E-state index in [2.05, 4.69) is 22.3 Å². The highest BCUT2D eigenvalue weighted by atomic mass is 16.5. The van der Waals surface area contributed by atoms with Crippen LogP contribution in [0, 0.1) is 0 Å². The molecule has 0 spiro atoms. The third-order valence-corrected chi connectivity index (χ3v) is 4.53. The van der Waals surface area contributed by atoms with Crippen molar-refractivity contribution in [2.75, 3.05) is 40.9 Å². The average molecular weight is 386 g/mol. The summed E-state index contributed by atoms with van der Waals surface area (Å²) in [5.74, 6) is 0.939. The monoisotopic (exact) mass is 386 g/mol. The lowest BCUT2D eigenvalue weighted by Gasteiger charge is -2.25. The number of benzene rings is 2. The van der Waals surface area contributed by atoms with Crippen LogP contribution < -0.4 is 14.8 Å². The Balaban J connectivity index is 1.84. The molecule has 2 unspecified atom stereocenters. The summed E-state index contributed by atoms with van der Waals surface area (Å²) in [7, 11) is 5.60. The van der Waals surface area contributed by atoms with Gasteiger partial charge in [0.25, 0.3) is 0 Å². The predicted octanol–water partition coefficient (Wildman–Crippen LogP) is 2.53. The number of likely N-dealkylation sites (N-methyl/N-ethyl adjacent to an activating group) is 1. The minimum absolute atomic E-state index is 0.0389. The van der Waals surface area contributed by atoms with Gasteiger partial charge in [0.15, 0.2) is 17.3 Å². The van der Waals surface area contributed by atoms with Gasteiger partial charge in [-0.1, -0.05) is 30.3 Å².